The van der Waals surface area contributed by atoms with Crippen molar-refractivity contribution >= 4 is 44.4 Å². The molecule has 0 spiro atoms. The van der Waals surface area contributed by atoms with E-state index >= 15 is 0 Å². The van der Waals surface area contributed by atoms with Crippen LogP contribution in [0.3, 0.4) is 0 Å². The molecule has 1 N–H and O–H groups in total. The van der Waals surface area contributed by atoms with Crippen molar-refractivity contribution in [3.05, 3.63) is 149 Å². The van der Waals surface area contributed by atoms with E-state index in [0.717, 1.165) is 49.0 Å². The topological polar surface area (TPSA) is 57.8 Å². The van der Waals surface area contributed by atoms with Crippen molar-refractivity contribution in [2.45, 2.75) is 0 Å². The van der Waals surface area contributed by atoms with Crippen LogP contribution >= 0.6 is 15.9 Å². The molecule has 0 atom stereocenters. The lowest BCUT2D eigenvalue weighted by molar-refractivity contribution is -0.112. The van der Waals surface area contributed by atoms with E-state index in [9.17, 15) is 10.1 Å². The lowest BCUT2D eigenvalue weighted by atomic mass is 10.0. The monoisotopic (exact) mass is 593 g/mol. The number of benzene rings is 5. The van der Waals surface area contributed by atoms with E-state index in [-0.39, 0.29) is 5.57 Å². The zero-order valence-corrected chi connectivity index (χ0v) is 23.5. The van der Waals surface area contributed by atoms with Crippen molar-refractivity contribution in [2.75, 3.05) is 5.32 Å². The fraction of sp³-hybridized carbons (Fsp3) is 0. The zero-order valence-electron chi connectivity index (χ0n) is 22.0. The molecule has 0 radical (unpaired) electrons. The van der Waals surface area contributed by atoms with Crippen molar-refractivity contribution in [2.24, 2.45) is 0 Å². The molecule has 0 bridgehead atoms. The van der Waals surface area contributed by atoms with E-state index in [4.69, 9.17) is 0 Å². The molecule has 41 heavy (non-hydrogen) atoms. The molecule has 1 amide bonds. The summed E-state index contributed by atoms with van der Waals surface area (Å²) in [5.74, 6) is -0.459. The first-order chi connectivity index (χ1) is 20.1. The van der Waals surface area contributed by atoms with Crippen LogP contribution in [0.15, 0.2) is 144 Å². The summed E-state index contributed by atoms with van der Waals surface area (Å²) in [6, 6.07) is 46.1. The second-order valence-electron chi connectivity index (χ2n) is 9.56. The summed E-state index contributed by atoms with van der Waals surface area (Å²) < 4.78 is 3.16. The van der Waals surface area contributed by atoms with Crippen LogP contribution in [0.25, 0.3) is 45.1 Å². The SMILES string of the molecule is N#CC(=Cc1cc(-c2ccccc2)n(-c2ccc(Br)cc2)c1-c1ccccc1)C(=O)Nc1ccc2ccccc2c1. The van der Waals surface area contributed by atoms with Crippen molar-refractivity contribution in [3.8, 4) is 34.3 Å². The number of anilines is 1. The highest BCUT2D eigenvalue weighted by Crippen LogP contribution is 2.37. The van der Waals surface area contributed by atoms with Gasteiger partial charge in [0.1, 0.15) is 11.6 Å². The Bertz CT molecular complexity index is 1930. The molecule has 5 heteroatoms. The lowest BCUT2D eigenvalue weighted by Crippen LogP contribution is -2.13. The van der Waals surface area contributed by atoms with Crippen LogP contribution in [0.1, 0.15) is 5.56 Å². The van der Waals surface area contributed by atoms with Crippen LogP contribution in [0.4, 0.5) is 5.69 Å². The fourth-order valence-corrected chi connectivity index (χ4v) is 5.25. The molecule has 196 valence electrons. The van der Waals surface area contributed by atoms with Crippen molar-refractivity contribution in [1.29, 1.82) is 5.26 Å². The van der Waals surface area contributed by atoms with E-state index in [1.165, 1.54) is 0 Å². The average Bonchev–Trinajstić information content (AvgIpc) is 3.40. The number of hydrogen-bond acceptors (Lipinski definition) is 2. The van der Waals surface area contributed by atoms with Crippen LogP contribution in [-0.2, 0) is 4.79 Å². The molecule has 4 nitrogen and oxygen atoms in total. The van der Waals surface area contributed by atoms with E-state index in [1.54, 1.807) is 6.08 Å². The Kier molecular flexibility index (Phi) is 7.32. The standard InChI is InChI=1S/C36H24BrN3O/c37-31-16-19-33(20-17-31)40-34(26-10-3-1-4-11-26)23-29(35(40)27-12-5-2-6-13-27)21-30(24-38)36(41)39-32-18-15-25-9-7-8-14-28(25)22-32/h1-23H,(H,39,41). The zero-order chi connectivity index (χ0) is 28.2. The summed E-state index contributed by atoms with van der Waals surface area (Å²) >= 11 is 3.55. The van der Waals surface area contributed by atoms with E-state index in [2.05, 4.69) is 44.0 Å². The number of carbonyl (C=O) groups is 1. The van der Waals surface area contributed by atoms with Crippen LogP contribution < -0.4 is 5.32 Å². The van der Waals surface area contributed by atoms with Crippen molar-refractivity contribution in [3.63, 3.8) is 0 Å². The molecule has 0 aliphatic carbocycles. The van der Waals surface area contributed by atoms with E-state index in [1.807, 2.05) is 121 Å². The van der Waals surface area contributed by atoms with Gasteiger partial charge < -0.3 is 9.88 Å². The van der Waals surface area contributed by atoms with E-state index < -0.39 is 5.91 Å². The number of rotatable bonds is 6. The molecule has 0 aliphatic heterocycles. The maximum absolute atomic E-state index is 13.4. The molecule has 1 heterocycles. The summed E-state index contributed by atoms with van der Waals surface area (Å²) in [6.07, 6.45) is 1.68. The van der Waals surface area contributed by atoms with Gasteiger partial charge in [0.05, 0.1) is 11.4 Å². The smallest absolute Gasteiger partial charge is 0.266 e. The largest absolute Gasteiger partial charge is 0.321 e. The van der Waals surface area contributed by atoms with Gasteiger partial charge in [0.15, 0.2) is 0 Å². The molecule has 1 aromatic heterocycles. The molecular weight excluding hydrogens is 570 g/mol. The minimum Gasteiger partial charge on any atom is -0.321 e. The number of carbonyl (C=O) groups excluding carboxylic acids is 1. The summed E-state index contributed by atoms with van der Waals surface area (Å²) in [7, 11) is 0. The molecule has 0 unspecified atom stereocenters. The Hall–Kier alpha value is -5.18. The number of aromatic nitrogens is 1. The highest BCUT2D eigenvalue weighted by molar-refractivity contribution is 9.10. The Morgan fingerprint density at radius 3 is 2.05 bits per heavy atom. The first-order valence-corrected chi connectivity index (χ1v) is 13.9. The molecular formula is C36H24BrN3O. The Balaban J connectivity index is 1.50. The van der Waals surface area contributed by atoms with Gasteiger partial charge in [-0.2, -0.15) is 5.26 Å². The van der Waals surface area contributed by atoms with Crippen LogP contribution in [0.2, 0.25) is 0 Å². The maximum Gasteiger partial charge on any atom is 0.266 e. The van der Waals surface area contributed by atoms with Crippen LogP contribution in [0.5, 0.6) is 0 Å². The normalized spacial score (nSPS) is 11.3. The Morgan fingerprint density at radius 1 is 0.732 bits per heavy atom. The van der Waals surface area contributed by atoms with Crippen LogP contribution in [0, 0.1) is 11.3 Å². The minimum atomic E-state index is -0.459. The minimum absolute atomic E-state index is 0.0166. The number of nitrogens with zero attached hydrogens (tertiary/aromatic N) is 2. The first-order valence-electron chi connectivity index (χ1n) is 13.2. The van der Waals surface area contributed by atoms with Gasteiger partial charge in [-0.05, 0) is 70.4 Å². The summed E-state index contributed by atoms with van der Waals surface area (Å²) in [5, 5.41) is 15.1. The van der Waals surface area contributed by atoms with Gasteiger partial charge in [0, 0.05) is 21.4 Å². The Labute approximate surface area is 247 Å². The highest BCUT2D eigenvalue weighted by atomic mass is 79.9. The summed E-state index contributed by atoms with van der Waals surface area (Å²) in [4.78, 5) is 13.4. The molecule has 0 saturated heterocycles. The number of hydrogen-bond donors (Lipinski definition) is 1. The van der Waals surface area contributed by atoms with Gasteiger partial charge in [-0.15, -0.1) is 0 Å². The quantitative estimate of drug-likeness (QED) is 0.154. The predicted octanol–water partition coefficient (Wildman–Crippen LogP) is 9.27. The van der Waals surface area contributed by atoms with Crippen molar-refractivity contribution < 1.29 is 4.79 Å². The molecule has 5 aromatic carbocycles. The number of fused-ring (bicyclic) bond motifs is 1. The van der Waals surface area contributed by atoms with Crippen molar-refractivity contribution in [1.82, 2.24) is 4.57 Å². The Morgan fingerprint density at radius 2 is 1.37 bits per heavy atom. The molecule has 0 fully saturated rings. The van der Waals surface area contributed by atoms with Gasteiger partial charge in [0.2, 0.25) is 0 Å². The second kappa shape index (κ2) is 11.5. The van der Waals surface area contributed by atoms with Crippen LogP contribution in [-0.4, -0.2) is 10.5 Å². The molecule has 0 aliphatic rings. The number of amides is 1. The lowest BCUT2D eigenvalue weighted by Gasteiger charge is -2.15. The predicted molar refractivity (Wildman–Crippen MR) is 171 cm³/mol. The molecule has 6 aromatic rings. The number of nitrogens with one attached hydrogen (secondary N) is 1. The third kappa shape index (κ3) is 5.47. The third-order valence-electron chi connectivity index (χ3n) is 6.90. The third-order valence-corrected chi connectivity index (χ3v) is 7.43. The highest BCUT2D eigenvalue weighted by Gasteiger charge is 2.20. The van der Waals surface area contributed by atoms with Gasteiger partial charge >= 0.3 is 0 Å². The van der Waals surface area contributed by atoms with Gasteiger partial charge in [-0.25, -0.2) is 0 Å². The average molecular weight is 595 g/mol. The van der Waals surface area contributed by atoms with Gasteiger partial charge in [-0.3, -0.25) is 4.79 Å². The fourth-order valence-electron chi connectivity index (χ4n) is 4.98. The van der Waals surface area contributed by atoms with E-state index in [0.29, 0.717) is 5.69 Å². The number of nitriles is 1. The number of halogens is 1. The second-order valence-corrected chi connectivity index (χ2v) is 10.5. The summed E-state index contributed by atoms with van der Waals surface area (Å²) in [6.45, 7) is 0. The van der Waals surface area contributed by atoms with Gasteiger partial charge in [-0.1, -0.05) is 107 Å². The molecule has 0 saturated carbocycles. The summed E-state index contributed by atoms with van der Waals surface area (Å²) in [5.41, 5.74) is 6.21. The first kappa shape index (κ1) is 26.1. The maximum atomic E-state index is 13.4. The molecule has 6 rings (SSSR count). The van der Waals surface area contributed by atoms with Gasteiger partial charge in [0.25, 0.3) is 5.91 Å².